The predicted octanol–water partition coefficient (Wildman–Crippen LogP) is 2.45. The molecule has 1 aromatic carbocycles. The average molecular weight is 394 g/mol. The van der Waals surface area contributed by atoms with E-state index in [2.05, 4.69) is 0 Å². The number of sulfonamides is 1. The summed E-state index contributed by atoms with van der Waals surface area (Å²) >= 11 is 0. The van der Waals surface area contributed by atoms with Crippen molar-refractivity contribution >= 4 is 15.9 Å². The minimum atomic E-state index is -3.53. The number of likely N-dealkylation sites (tertiary alicyclic amines) is 1. The summed E-state index contributed by atoms with van der Waals surface area (Å²) in [5.41, 5.74) is 6.27. The third kappa shape index (κ3) is 4.20. The summed E-state index contributed by atoms with van der Waals surface area (Å²) in [6, 6.07) is 6.61. The molecule has 1 saturated carbocycles. The Morgan fingerprint density at radius 1 is 1.19 bits per heavy atom. The average Bonchev–Trinajstić information content (AvgIpc) is 3.08. The van der Waals surface area contributed by atoms with E-state index < -0.39 is 10.0 Å². The summed E-state index contributed by atoms with van der Waals surface area (Å²) in [6.45, 7) is 3.28. The van der Waals surface area contributed by atoms with Crippen molar-refractivity contribution in [2.75, 3.05) is 20.1 Å². The van der Waals surface area contributed by atoms with Crippen molar-refractivity contribution < 1.29 is 13.2 Å². The first-order valence-corrected chi connectivity index (χ1v) is 11.4. The Kier molecular flexibility index (Phi) is 6.23. The van der Waals surface area contributed by atoms with Gasteiger partial charge in [0.1, 0.15) is 0 Å². The van der Waals surface area contributed by atoms with Crippen molar-refractivity contribution in [3.63, 3.8) is 0 Å². The largest absolute Gasteiger partial charge is 0.336 e. The van der Waals surface area contributed by atoms with Crippen molar-refractivity contribution in [1.82, 2.24) is 9.21 Å². The van der Waals surface area contributed by atoms with Crippen molar-refractivity contribution in [1.29, 1.82) is 0 Å². The van der Waals surface area contributed by atoms with Crippen LogP contribution in [-0.4, -0.2) is 55.8 Å². The van der Waals surface area contributed by atoms with E-state index in [-0.39, 0.29) is 22.9 Å². The minimum absolute atomic E-state index is 0.0527. The maximum absolute atomic E-state index is 12.9. The number of carbonyl (C=O) groups is 1. The molecule has 6 nitrogen and oxygen atoms in total. The number of hydrogen-bond donors (Lipinski definition) is 1. The van der Waals surface area contributed by atoms with Crippen LogP contribution in [-0.2, 0) is 10.0 Å². The van der Waals surface area contributed by atoms with Crippen molar-refractivity contribution in [3.8, 4) is 0 Å². The third-order valence-electron chi connectivity index (χ3n) is 6.12. The molecule has 0 radical (unpaired) electrons. The number of carbonyl (C=O) groups excluding carboxylic acids is 1. The predicted molar refractivity (Wildman–Crippen MR) is 106 cm³/mol. The van der Waals surface area contributed by atoms with E-state index in [0.717, 1.165) is 32.1 Å². The molecule has 2 atom stereocenters. The van der Waals surface area contributed by atoms with Crippen LogP contribution < -0.4 is 5.73 Å². The Hall–Kier alpha value is -1.44. The zero-order chi connectivity index (χ0) is 19.6. The number of nitrogens with zero attached hydrogens (tertiary/aromatic N) is 2. The van der Waals surface area contributed by atoms with Gasteiger partial charge in [-0.2, -0.15) is 4.31 Å². The van der Waals surface area contributed by atoms with Gasteiger partial charge in [-0.05, 0) is 62.9 Å². The highest BCUT2D eigenvalue weighted by atomic mass is 32.2. The van der Waals surface area contributed by atoms with Gasteiger partial charge in [0.05, 0.1) is 4.90 Å². The fraction of sp³-hybridized carbons (Fsp3) is 0.650. The Morgan fingerprint density at radius 2 is 1.81 bits per heavy atom. The molecule has 0 aromatic heterocycles. The van der Waals surface area contributed by atoms with Gasteiger partial charge in [-0.25, -0.2) is 8.42 Å². The summed E-state index contributed by atoms with van der Waals surface area (Å²) in [4.78, 5) is 14.9. The molecule has 0 bridgehead atoms. The van der Waals surface area contributed by atoms with Gasteiger partial charge in [-0.1, -0.05) is 19.3 Å². The maximum Gasteiger partial charge on any atom is 0.254 e. The van der Waals surface area contributed by atoms with E-state index in [1.165, 1.54) is 10.7 Å². The second-order valence-corrected chi connectivity index (χ2v) is 9.98. The van der Waals surface area contributed by atoms with Gasteiger partial charge in [0.25, 0.3) is 5.91 Å². The Bertz CT molecular complexity index is 757. The molecule has 3 rings (SSSR count). The smallest absolute Gasteiger partial charge is 0.254 e. The van der Waals surface area contributed by atoms with E-state index in [4.69, 9.17) is 5.73 Å². The van der Waals surface area contributed by atoms with E-state index in [9.17, 15) is 13.2 Å². The molecule has 0 spiro atoms. The van der Waals surface area contributed by atoms with Gasteiger partial charge in [-0.15, -0.1) is 0 Å². The molecule has 2 fully saturated rings. The summed E-state index contributed by atoms with van der Waals surface area (Å²) in [5.74, 6) is 0.288. The number of amides is 1. The SMILES string of the molecule is CC1CC(CN)CN1C(=O)c1ccc(S(=O)(=O)N(C)C2CCCCC2)cc1. The molecular formula is C20H31N3O3S. The Morgan fingerprint density at radius 3 is 2.37 bits per heavy atom. The normalized spacial score (nSPS) is 24.5. The second kappa shape index (κ2) is 8.29. The van der Waals surface area contributed by atoms with Crippen LogP contribution in [0.15, 0.2) is 29.2 Å². The fourth-order valence-electron chi connectivity index (χ4n) is 4.34. The lowest BCUT2D eigenvalue weighted by molar-refractivity contribution is 0.0743. The van der Waals surface area contributed by atoms with Crippen LogP contribution in [0.25, 0.3) is 0 Å². The van der Waals surface area contributed by atoms with E-state index >= 15 is 0 Å². The fourth-order valence-corrected chi connectivity index (χ4v) is 5.75. The lowest BCUT2D eigenvalue weighted by Gasteiger charge is -2.30. The number of benzene rings is 1. The lowest BCUT2D eigenvalue weighted by atomic mass is 9.96. The molecule has 1 saturated heterocycles. The summed E-state index contributed by atoms with van der Waals surface area (Å²) in [5, 5.41) is 0. The molecule has 1 heterocycles. The van der Waals surface area contributed by atoms with Crippen LogP contribution in [0.1, 0.15) is 55.8 Å². The van der Waals surface area contributed by atoms with Gasteiger partial charge in [0, 0.05) is 31.2 Å². The molecule has 1 aromatic rings. The molecular weight excluding hydrogens is 362 g/mol. The van der Waals surface area contributed by atoms with Crippen molar-refractivity contribution in [2.24, 2.45) is 11.7 Å². The standard InChI is InChI=1S/C20H31N3O3S/c1-15-12-16(13-21)14-23(15)20(24)17-8-10-19(11-9-17)27(25,26)22(2)18-6-4-3-5-7-18/h8-11,15-16,18H,3-7,12-14,21H2,1-2H3. The molecule has 2 unspecified atom stereocenters. The summed E-state index contributed by atoms with van der Waals surface area (Å²) in [7, 11) is -1.86. The van der Waals surface area contributed by atoms with Crippen LogP contribution in [0.3, 0.4) is 0 Å². The minimum Gasteiger partial charge on any atom is -0.336 e. The maximum atomic E-state index is 12.9. The second-order valence-electron chi connectivity index (χ2n) is 7.98. The van der Waals surface area contributed by atoms with E-state index in [0.29, 0.717) is 24.6 Å². The Balaban J connectivity index is 1.73. The first kappa shape index (κ1) is 20.3. The lowest BCUT2D eigenvalue weighted by Crippen LogP contribution is -2.38. The zero-order valence-electron chi connectivity index (χ0n) is 16.3. The molecule has 2 aliphatic rings. The number of nitrogens with two attached hydrogens (primary N) is 1. The van der Waals surface area contributed by atoms with Crippen LogP contribution in [0.5, 0.6) is 0 Å². The molecule has 2 N–H and O–H groups in total. The van der Waals surface area contributed by atoms with E-state index in [1.54, 1.807) is 31.3 Å². The number of rotatable bonds is 5. The quantitative estimate of drug-likeness (QED) is 0.833. The van der Waals surface area contributed by atoms with Crippen LogP contribution in [0, 0.1) is 5.92 Å². The number of hydrogen-bond acceptors (Lipinski definition) is 4. The van der Waals surface area contributed by atoms with Gasteiger partial charge >= 0.3 is 0 Å². The van der Waals surface area contributed by atoms with Crippen LogP contribution >= 0.6 is 0 Å². The summed E-state index contributed by atoms with van der Waals surface area (Å²) < 4.78 is 27.4. The first-order chi connectivity index (χ1) is 12.8. The topological polar surface area (TPSA) is 83.7 Å². The molecule has 1 amide bonds. The highest BCUT2D eigenvalue weighted by molar-refractivity contribution is 7.89. The third-order valence-corrected chi connectivity index (χ3v) is 8.05. The van der Waals surface area contributed by atoms with Gasteiger partial charge in [-0.3, -0.25) is 4.79 Å². The molecule has 1 aliphatic heterocycles. The molecule has 1 aliphatic carbocycles. The van der Waals surface area contributed by atoms with Crippen LogP contribution in [0.2, 0.25) is 0 Å². The summed E-state index contributed by atoms with van der Waals surface area (Å²) in [6.07, 6.45) is 6.09. The highest BCUT2D eigenvalue weighted by Crippen LogP contribution is 2.28. The van der Waals surface area contributed by atoms with Crippen molar-refractivity contribution in [3.05, 3.63) is 29.8 Å². The van der Waals surface area contributed by atoms with Crippen molar-refractivity contribution in [2.45, 2.75) is 62.4 Å². The molecule has 27 heavy (non-hydrogen) atoms. The van der Waals surface area contributed by atoms with Gasteiger partial charge in [0.15, 0.2) is 0 Å². The first-order valence-electron chi connectivity index (χ1n) is 9.93. The molecule has 7 heteroatoms. The highest BCUT2D eigenvalue weighted by Gasteiger charge is 2.33. The molecule has 150 valence electrons. The van der Waals surface area contributed by atoms with E-state index in [1.807, 2.05) is 11.8 Å². The van der Waals surface area contributed by atoms with Crippen LogP contribution in [0.4, 0.5) is 0 Å². The zero-order valence-corrected chi connectivity index (χ0v) is 17.1. The monoisotopic (exact) mass is 393 g/mol. The van der Waals surface area contributed by atoms with Gasteiger partial charge in [0.2, 0.25) is 10.0 Å². The Labute approximate surface area is 162 Å². The van der Waals surface area contributed by atoms with Gasteiger partial charge < -0.3 is 10.6 Å².